The Hall–Kier alpha value is -3.63. The van der Waals surface area contributed by atoms with Crippen molar-refractivity contribution >= 4 is 33.3 Å². The third-order valence-electron chi connectivity index (χ3n) is 6.02. The minimum Gasteiger partial charge on any atom is -0.462 e. The summed E-state index contributed by atoms with van der Waals surface area (Å²) in [6, 6.07) is 8.05. The molecular formula is C26H26FN4O4S+. The molecule has 36 heavy (non-hydrogen) atoms. The molecule has 186 valence electrons. The lowest BCUT2D eigenvalue weighted by atomic mass is 10.1. The van der Waals surface area contributed by atoms with Gasteiger partial charge in [0, 0.05) is 18.7 Å². The Morgan fingerprint density at radius 3 is 2.78 bits per heavy atom. The smallest absolute Gasteiger partial charge is 0.313 e. The van der Waals surface area contributed by atoms with Gasteiger partial charge in [-0.2, -0.15) is 0 Å². The van der Waals surface area contributed by atoms with E-state index in [4.69, 9.17) is 9.47 Å². The Bertz CT molecular complexity index is 1410. The second-order valence-electron chi connectivity index (χ2n) is 8.75. The van der Waals surface area contributed by atoms with Gasteiger partial charge in [-0.15, -0.1) is 11.3 Å². The van der Waals surface area contributed by atoms with Crippen LogP contribution < -0.4 is 14.6 Å². The average Bonchev–Trinajstić information content (AvgIpc) is 3.47. The SMILES string of the molecule is C[n+]1cc[nH]c1-c1cc2nccc(Oc3ccc(CC(=O)CC(=O)OC4CCNCC4)cc3F)c2s1. The zero-order valence-electron chi connectivity index (χ0n) is 19.8. The Labute approximate surface area is 211 Å². The van der Waals surface area contributed by atoms with E-state index in [-0.39, 0.29) is 30.5 Å². The molecule has 3 aromatic heterocycles. The van der Waals surface area contributed by atoms with Gasteiger partial charge in [0.2, 0.25) is 0 Å². The molecule has 1 aliphatic rings. The van der Waals surface area contributed by atoms with Gasteiger partial charge in [-0.05, 0) is 49.7 Å². The zero-order valence-corrected chi connectivity index (χ0v) is 20.6. The number of nitrogens with zero attached hydrogens (tertiary/aromatic N) is 2. The maximum atomic E-state index is 14.9. The van der Waals surface area contributed by atoms with Crippen LogP contribution in [0.15, 0.2) is 48.9 Å². The molecule has 0 unspecified atom stereocenters. The summed E-state index contributed by atoms with van der Waals surface area (Å²) in [7, 11) is 1.94. The molecule has 0 atom stereocenters. The van der Waals surface area contributed by atoms with Gasteiger partial charge < -0.3 is 14.8 Å². The predicted molar refractivity (Wildman–Crippen MR) is 132 cm³/mol. The van der Waals surface area contributed by atoms with E-state index < -0.39 is 11.8 Å². The number of esters is 1. The van der Waals surface area contributed by atoms with E-state index in [0.717, 1.165) is 46.8 Å². The third-order valence-corrected chi connectivity index (χ3v) is 7.17. The van der Waals surface area contributed by atoms with E-state index in [1.54, 1.807) is 18.3 Å². The molecule has 10 heteroatoms. The fourth-order valence-electron chi connectivity index (χ4n) is 4.21. The molecule has 0 spiro atoms. The molecule has 5 rings (SSSR count). The van der Waals surface area contributed by atoms with Crippen molar-refractivity contribution in [2.45, 2.75) is 31.8 Å². The van der Waals surface area contributed by atoms with Crippen LogP contribution in [-0.4, -0.2) is 40.9 Å². The number of hydrogen-bond acceptors (Lipinski definition) is 7. The van der Waals surface area contributed by atoms with Crippen LogP contribution in [0.2, 0.25) is 0 Å². The fourth-order valence-corrected chi connectivity index (χ4v) is 5.33. The number of ether oxygens (including phenoxy) is 2. The quantitative estimate of drug-likeness (QED) is 0.213. The number of hydrogen-bond donors (Lipinski definition) is 2. The summed E-state index contributed by atoms with van der Waals surface area (Å²) in [5, 5.41) is 3.20. The number of piperidine rings is 1. The van der Waals surface area contributed by atoms with Gasteiger partial charge >= 0.3 is 5.97 Å². The number of H-pyrrole nitrogens is 1. The molecule has 1 saturated heterocycles. The Morgan fingerprint density at radius 1 is 1.19 bits per heavy atom. The summed E-state index contributed by atoms with van der Waals surface area (Å²) in [6.45, 7) is 1.59. The number of benzene rings is 1. The van der Waals surface area contributed by atoms with Crippen LogP contribution in [0.25, 0.3) is 20.9 Å². The largest absolute Gasteiger partial charge is 0.462 e. The van der Waals surface area contributed by atoms with Crippen molar-refractivity contribution in [3.8, 4) is 22.2 Å². The topological polar surface area (TPSA) is 97.2 Å². The number of aromatic amines is 1. The lowest BCUT2D eigenvalue weighted by molar-refractivity contribution is -0.658. The zero-order chi connectivity index (χ0) is 25.1. The second kappa shape index (κ2) is 10.5. The van der Waals surface area contributed by atoms with Crippen LogP contribution >= 0.6 is 11.3 Å². The summed E-state index contributed by atoms with van der Waals surface area (Å²) in [4.78, 5) is 33.0. The summed E-state index contributed by atoms with van der Waals surface area (Å²) in [5.74, 6) is 0.0378. The van der Waals surface area contributed by atoms with Crippen molar-refractivity contribution in [3.05, 3.63) is 60.3 Å². The van der Waals surface area contributed by atoms with Crippen molar-refractivity contribution in [1.29, 1.82) is 0 Å². The Morgan fingerprint density at radius 2 is 2.03 bits per heavy atom. The average molecular weight is 510 g/mol. The van der Waals surface area contributed by atoms with Crippen molar-refractivity contribution in [2.24, 2.45) is 7.05 Å². The first-order valence-electron chi connectivity index (χ1n) is 11.8. The molecule has 0 aliphatic carbocycles. The van der Waals surface area contributed by atoms with Crippen LogP contribution in [0.4, 0.5) is 4.39 Å². The number of aromatic nitrogens is 3. The number of rotatable bonds is 8. The first-order chi connectivity index (χ1) is 17.5. The number of fused-ring (bicyclic) bond motifs is 1. The van der Waals surface area contributed by atoms with Gasteiger partial charge in [-0.25, -0.2) is 13.9 Å². The molecule has 0 amide bonds. The molecule has 1 aromatic carbocycles. The van der Waals surface area contributed by atoms with Crippen LogP contribution in [0.5, 0.6) is 11.5 Å². The van der Waals surface area contributed by atoms with Gasteiger partial charge in [0.05, 0.1) is 17.3 Å². The molecule has 0 radical (unpaired) electrons. The van der Waals surface area contributed by atoms with Crippen LogP contribution in [0.1, 0.15) is 24.8 Å². The molecule has 0 bridgehead atoms. The maximum Gasteiger partial charge on any atom is 0.313 e. The van der Waals surface area contributed by atoms with E-state index in [2.05, 4.69) is 15.3 Å². The highest BCUT2D eigenvalue weighted by atomic mass is 32.1. The number of thiophene rings is 1. The highest BCUT2D eigenvalue weighted by Gasteiger charge is 2.21. The summed E-state index contributed by atoms with van der Waals surface area (Å²) in [5.41, 5.74) is 1.22. The van der Waals surface area contributed by atoms with E-state index in [9.17, 15) is 14.0 Å². The number of halogens is 1. The van der Waals surface area contributed by atoms with Gasteiger partial charge in [-0.1, -0.05) is 6.07 Å². The minimum atomic E-state index is -0.588. The number of Topliss-reactive ketones (excluding diaryl/α,β-unsaturated/α-hetero) is 1. The number of aryl methyl sites for hydroxylation is 1. The molecule has 4 aromatic rings. The molecule has 8 nitrogen and oxygen atoms in total. The highest BCUT2D eigenvalue weighted by Crippen LogP contribution is 2.38. The lowest BCUT2D eigenvalue weighted by Crippen LogP contribution is -2.34. The lowest BCUT2D eigenvalue weighted by Gasteiger charge is -2.22. The maximum absolute atomic E-state index is 14.9. The van der Waals surface area contributed by atoms with Crippen LogP contribution in [-0.2, 0) is 27.8 Å². The van der Waals surface area contributed by atoms with E-state index in [1.807, 2.05) is 30.1 Å². The van der Waals surface area contributed by atoms with Crippen LogP contribution in [0, 0.1) is 5.82 Å². The predicted octanol–water partition coefficient (Wildman–Crippen LogP) is 3.84. The van der Waals surface area contributed by atoms with Crippen molar-refractivity contribution in [3.63, 3.8) is 0 Å². The van der Waals surface area contributed by atoms with Gasteiger partial charge in [0.25, 0.3) is 5.82 Å². The number of imidazole rings is 1. The number of ketones is 1. The van der Waals surface area contributed by atoms with Crippen molar-refractivity contribution < 1.29 is 28.0 Å². The second-order valence-corrected chi connectivity index (χ2v) is 9.80. The molecule has 1 aliphatic heterocycles. The van der Waals surface area contributed by atoms with Crippen LogP contribution in [0.3, 0.4) is 0 Å². The van der Waals surface area contributed by atoms with Gasteiger partial charge in [0.1, 0.15) is 41.3 Å². The monoisotopic (exact) mass is 509 g/mol. The van der Waals surface area contributed by atoms with E-state index in [1.165, 1.54) is 23.5 Å². The van der Waals surface area contributed by atoms with Crippen molar-refractivity contribution in [2.75, 3.05) is 13.1 Å². The standard InChI is InChI=1S/C26H25FN4O4S/c1-31-11-10-30-26(31)23-15-20-25(36-23)22(6-9-29-20)35-21-3-2-16(13-19(21)27)12-17(32)14-24(33)34-18-4-7-28-8-5-18/h2-3,6,9-11,13,15,18,28H,4-5,7-8,12,14H2,1H3/p+1. The molecule has 2 N–H and O–H groups in total. The number of carbonyl (C=O) groups excluding carboxylic acids is 2. The molecule has 4 heterocycles. The fraction of sp³-hybridized carbons (Fsp3) is 0.308. The van der Waals surface area contributed by atoms with Gasteiger partial charge in [-0.3, -0.25) is 14.6 Å². The van der Waals surface area contributed by atoms with E-state index in [0.29, 0.717) is 11.3 Å². The Kier molecular flexibility index (Phi) is 7.06. The molecular weight excluding hydrogens is 483 g/mol. The van der Waals surface area contributed by atoms with E-state index >= 15 is 0 Å². The van der Waals surface area contributed by atoms with Crippen molar-refractivity contribution in [1.82, 2.24) is 15.3 Å². The summed E-state index contributed by atoms with van der Waals surface area (Å²) in [6.07, 6.45) is 6.35. The normalized spacial score (nSPS) is 14.2. The number of nitrogens with one attached hydrogen (secondary N) is 2. The first kappa shape index (κ1) is 24.1. The Balaban J connectivity index is 1.25. The summed E-state index contributed by atoms with van der Waals surface area (Å²) < 4.78 is 28.9. The number of carbonyl (C=O) groups is 2. The molecule has 0 saturated carbocycles. The third kappa shape index (κ3) is 5.44. The first-order valence-corrected chi connectivity index (χ1v) is 12.6. The minimum absolute atomic E-state index is 0.0457. The number of pyridine rings is 1. The summed E-state index contributed by atoms with van der Waals surface area (Å²) >= 11 is 1.50. The molecule has 1 fully saturated rings. The highest BCUT2D eigenvalue weighted by molar-refractivity contribution is 7.22. The van der Waals surface area contributed by atoms with Gasteiger partial charge in [0.15, 0.2) is 11.6 Å².